The van der Waals surface area contributed by atoms with Gasteiger partial charge in [0.2, 0.25) is 0 Å². The molecule has 0 N–H and O–H groups in total. The van der Waals surface area contributed by atoms with E-state index in [0.717, 1.165) is 26.1 Å². The molecule has 0 aliphatic carbocycles. The molecule has 1 aliphatic heterocycles. The Morgan fingerprint density at radius 2 is 2.19 bits per heavy atom. The lowest BCUT2D eigenvalue weighted by Crippen LogP contribution is -2.21. The summed E-state index contributed by atoms with van der Waals surface area (Å²) >= 11 is 0. The van der Waals surface area contributed by atoms with Gasteiger partial charge in [0.15, 0.2) is 0 Å². The topological polar surface area (TPSA) is 27.0 Å². The number of nitriles is 1. The lowest BCUT2D eigenvalue weighted by atomic mass is 9.86. The summed E-state index contributed by atoms with van der Waals surface area (Å²) in [4.78, 5) is 2.43. The van der Waals surface area contributed by atoms with E-state index in [0.29, 0.717) is 5.92 Å². The smallest absolute Gasteiger partial charge is 0.0753 e. The molecule has 1 fully saturated rings. The van der Waals surface area contributed by atoms with E-state index in [1.54, 1.807) is 0 Å². The minimum absolute atomic E-state index is 0.0674. The normalized spacial score (nSPS) is 22.9. The van der Waals surface area contributed by atoms with Crippen LogP contribution in [0.3, 0.4) is 0 Å². The van der Waals surface area contributed by atoms with Crippen molar-refractivity contribution in [3.05, 3.63) is 35.9 Å². The van der Waals surface area contributed by atoms with Gasteiger partial charge in [-0.15, -0.1) is 0 Å². The molecular weight excluding hydrogens is 196 g/mol. The Balaban J connectivity index is 2.10. The predicted molar refractivity (Wildman–Crippen MR) is 65.0 cm³/mol. The van der Waals surface area contributed by atoms with Gasteiger partial charge in [-0.25, -0.2) is 0 Å². The van der Waals surface area contributed by atoms with Crippen molar-refractivity contribution in [1.82, 2.24) is 4.90 Å². The van der Waals surface area contributed by atoms with Crippen LogP contribution >= 0.6 is 0 Å². The summed E-state index contributed by atoms with van der Waals surface area (Å²) in [5.41, 5.74) is 1.17. The zero-order valence-electron chi connectivity index (χ0n) is 9.76. The first kappa shape index (κ1) is 11.2. The maximum Gasteiger partial charge on any atom is 0.0753 e. The molecule has 1 aliphatic rings. The SMILES string of the molecule is CCN1CC[C@@H]([C@@H](C#N)c2ccccc2)C1. The minimum atomic E-state index is 0.0674. The number of rotatable bonds is 3. The number of nitrogens with zero attached hydrogens (tertiary/aromatic N) is 2. The predicted octanol–water partition coefficient (Wildman–Crippen LogP) is 2.64. The number of hydrogen-bond donors (Lipinski definition) is 0. The zero-order valence-corrected chi connectivity index (χ0v) is 9.76. The van der Waals surface area contributed by atoms with Crippen LogP contribution in [0.5, 0.6) is 0 Å². The molecule has 2 atom stereocenters. The van der Waals surface area contributed by atoms with E-state index in [2.05, 4.69) is 30.0 Å². The molecule has 0 unspecified atom stereocenters. The van der Waals surface area contributed by atoms with Gasteiger partial charge in [-0.05, 0) is 31.0 Å². The first-order valence-electron chi connectivity index (χ1n) is 6.02. The molecule has 16 heavy (non-hydrogen) atoms. The van der Waals surface area contributed by atoms with Crippen molar-refractivity contribution < 1.29 is 0 Å². The lowest BCUT2D eigenvalue weighted by molar-refractivity contribution is 0.337. The Bertz CT molecular complexity index is 366. The largest absolute Gasteiger partial charge is 0.303 e. The standard InChI is InChI=1S/C14H18N2/c1-2-16-9-8-13(11-16)14(10-15)12-6-4-3-5-7-12/h3-7,13-14H,2,8-9,11H2,1H3/t13-,14+/m1/s1. The van der Waals surface area contributed by atoms with Gasteiger partial charge in [-0.2, -0.15) is 5.26 Å². The summed E-state index contributed by atoms with van der Waals surface area (Å²) in [6, 6.07) is 12.7. The van der Waals surface area contributed by atoms with Crippen LogP contribution in [-0.2, 0) is 0 Å². The molecule has 84 valence electrons. The maximum absolute atomic E-state index is 9.33. The highest BCUT2D eigenvalue weighted by molar-refractivity contribution is 5.26. The Morgan fingerprint density at radius 3 is 2.75 bits per heavy atom. The van der Waals surface area contributed by atoms with Crippen molar-refractivity contribution in [1.29, 1.82) is 5.26 Å². The average molecular weight is 214 g/mol. The van der Waals surface area contributed by atoms with Gasteiger partial charge in [-0.1, -0.05) is 37.3 Å². The van der Waals surface area contributed by atoms with Gasteiger partial charge < -0.3 is 4.90 Å². The third kappa shape index (κ3) is 2.25. The van der Waals surface area contributed by atoms with Crippen LogP contribution in [0.15, 0.2) is 30.3 Å². The first-order chi connectivity index (χ1) is 7.85. The van der Waals surface area contributed by atoms with Gasteiger partial charge in [0.05, 0.1) is 12.0 Å². The summed E-state index contributed by atoms with van der Waals surface area (Å²) in [6.45, 7) is 5.51. The second-order valence-electron chi connectivity index (χ2n) is 4.46. The number of hydrogen-bond acceptors (Lipinski definition) is 2. The summed E-state index contributed by atoms with van der Waals surface area (Å²) < 4.78 is 0. The summed E-state index contributed by atoms with van der Waals surface area (Å²) in [5.74, 6) is 0.574. The Labute approximate surface area is 97.5 Å². The molecule has 0 spiro atoms. The van der Waals surface area contributed by atoms with E-state index in [1.165, 1.54) is 5.56 Å². The quantitative estimate of drug-likeness (QED) is 0.773. The van der Waals surface area contributed by atoms with Gasteiger partial charge in [-0.3, -0.25) is 0 Å². The van der Waals surface area contributed by atoms with Crippen molar-refractivity contribution in [3.63, 3.8) is 0 Å². The van der Waals surface area contributed by atoms with E-state index in [1.807, 2.05) is 18.2 Å². The van der Waals surface area contributed by atoms with Gasteiger partial charge in [0.1, 0.15) is 0 Å². The summed E-state index contributed by atoms with van der Waals surface area (Å²) in [5, 5.41) is 9.33. The molecule has 1 heterocycles. The van der Waals surface area contributed by atoms with Crippen LogP contribution < -0.4 is 0 Å². The summed E-state index contributed by atoms with van der Waals surface area (Å²) in [6.07, 6.45) is 1.15. The van der Waals surface area contributed by atoms with Crippen LogP contribution in [0.4, 0.5) is 0 Å². The fraction of sp³-hybridized carbons (Fsp3) is 0.500. The Kier molecular flexibility index (Phi) is 3.58. The van der Waals surface area contributed by atoms with E-state index in [-0.39, 0.29) is 5.92 Å². The number of likely N-dealkylation sites (tertiary alicyclic amines) is 1. The molecule has 2 rings (SSSR count). The molecule has 0 bridgehead atoms. The van der Waals surface area contributed by atoms with Crippen molar-refractivity contribution in [2.75, 3.05) is 19.6 Å². The molecule has 0 saturated carbocycles. The van der Waals surface area contributed by atoms with E-state index >= 15 is 0 Å². The molecule has 1 aromatic carbocycles. The molecule has 0 amide bonds. The van der Waals surface area contributed by atoms with Crippen LogP contribution in [0.1, 0.15) is 24.8 Å². The highest BCUT2D eigenvalue weighted by atomic mass is 15.1. The third-order valence-electron chi connectivity index (χ3n) is 3.53. The van der Waals surface area contributed by atoms with Crippen molar-refractivity contribution >= 4 is 0 Å². The first-order valence-corrected chi connectivity index (χ1v) is 6.02. The van der Waals surface area contributed by atoms with E-state index in [9.17, 15) is 5.26 Å². The Morgan fingerprint density at radius 1 is 1.44 bits per heavy atom. The molecule has 0 aromatic heterocycles. The average Bonchev–Trinajstić information content (AvgIpc) is 2.80. The van der Waals surface area contributed by atoms with Crippen LogP contribution in [0, 0.1) is 17.2 Å². The molecule has 2 nitrogen and oxygen atoms in total. The Hall–Kier alpha value is -1.33. The molecule has 1 aromatic rings. The highest BCUT2D eigenvalue weighted by Crippen LogP contribution is 2.31. The highest BCUT2D eigenvalue weighted by Gasteiger charge is 2.29. The fourth-order valence-corrected chi connectivity index (χ4v) is 2.53. The molecule has 1 saturated heterocycles. The second-order valence-corrected chi connectivity index (χ2v) is 4.46. The van der Waals surface area contributed by atoms with E-state index < -0.39 is 0 Å². The molecule has 2 heteroatoms. The summed E-state index contributed by atoms with van der Waals surface area (Å²) in [7, 11) is 0. The fourth-order valence-electron chi connectivity index (χ4n) is 2.53. The molecule has 0 radical (unpaired) electrons. The van der Waals surface area contributed by atoms with Gasteiger partial charge in [0, 0.05) is 6.54 Å². The lowest BCUT2D eigenvalue weighted by Gasteiger charge is -2.18. The molecular formula is C14H18N2. The minimum Gasteiger partial charge on any atom is -0.303 e. The van der Waals surface area contributed by atoms with Crippen molar-refractivity contribution in [2.45, 2.75) is 19.3 Å². The third-order valence-corrected chi connectivity index (χ3v) is 3.53. The van der Waals surface area contributed by atoms with E-state index in [4.69, 9.17) is 0 Å². The van der Waals surface area contributed by atoms with Gasteiger partial charge >= 0.3 is 0 Å². The van der Waals surface area contributed by atoms with Crippen LogP contribution in [0.2, 0.25) is 0 Å². The number of benzene rings is 1. The monoisotopic (exact) mass is 214 g/mol. The second kappa shape index (κ2) is 5.14. The van der Waals surface area contributed by atoms with Crippen molar-refractivity contribution in [3.8, 4) is 6.07 Å². The van der Waals surface area contributed by atoms with Crippen LogP contribution in [-0.4, -0.2) is 24.5 Å². The van der Waals surface area contributed by atoms with Crippen LogP contribution in [0.25, 0.3) is 0 Å². The van der Waals surface area contributed by atoms with Crippen molar-refractivity contribution in [2.24, 2.45) is 5.92 Å². The van der Waals surface area contributed by atoms with Gasteiger partial charge in [0.25, 0.3) is 0 Å². The zero-order chi connectivity index (χ0) is 11.4. The maximum atomic E-state index is 9.33.